The normalized spacial score (nSPS) is 13.2. The van der Waals surface area contributed by atoms with E-state index >= 15 is 0 Å². The van der Waals surface area contributed by atoms with Gasteiger partial charge in [-0.15, -0.1) is 10.2 Å². The fraction of sp³-hybridized carbons (Fsp3) is 0.240. The number of carbonyl (C=O) groups excluding carboxylic acids is 1. The SMILES string of the molecule is O=C(Nc1cccc(-c2nnc3n2CCCCC3)c1)c1ccc(=O)n(Cc2ccccc2)n1. The smallest absolute Gasteiger partial charge is 0.276 e. The molecule has 0 saturated heterocycles. The summed E-state index contributed by atoms with van der Waals surface area (Å²) in [5, 5.41) is 15.9. The van der Waals surface area contributed by atoms with E-state index in [0.717, 1.165) is 48.6 Å². The van der Waals surface area contributed by atoms with Crippen molar-refractivity contribution < 1.29 is 4.79 Å². The zero-order valence-electron chi connectivity index (χ0n) is 18.1. The van der Waals surface area contributed by atoms with Crippen molar-refractivity contribution in [3.63, 3.8) is 0 Å². The molecular formula is C25H24N6O2. The lowest BCUT2D eigenvalue weighted by molar-refractivity contribution is 0.102. The molecule has 2 aromatic heterocycles. The number of fused-ring (bicyclic) bond motifs is 1. The van der Waals surface area contributed by atoms with Crippen LogP contribution >= 0.6 is 0 Å². The first-order valence-electron chi connectivity index (χ1n) is 11.1. The Hall–Kier alpha value is -4.07. The van der Waals surface area contributed by atoms with Gasteiger partial charge in [-0.05, 0) is 36.6 Å². The summed E-state index contributed by atoms with van der Waals surface area (Å²) >= 11 is 0. The largest absolute Gasteiger partial charge is 0.321 e. The number of amides is 1. The maximum atomic E-state index is 12.9. The molecule has 0 saturated carbocycles. The summed E-state index contributed by atoms with van der Waals surface area (Å²) in [6, 6.07) is 19.9. The molecule has 1 amide bonds. The molecule has 0 radical (unpaired) electrons. The summed E-state index contributed by atoms with van der Waals surface area (Å²) in [4.78, 5) is 25.1. The summed E-state index contributed by atoms with van der Waals surface area (Å²) in [5.74, 6) is 1.45. The Balaban J connectivity index is 1.36. The van der Waals surface area contributed by atoms with Crippen LogP contribution in [0.15, 0.2) is 71.5 Å². The van der Waals surface area contributed by atoms with Crippen LogP contribution in [0, 0.1) is 0 Å². The van der Waals surface area contributed by atoms with Crippen LogP contribution in [0.3, 0.4) is 0 Å². The summed E-state index contributed by atoms with van der Waals surface area (Å²) in [6.07, 6.45) is 4.37. The molecule has 0 spiro atoms. The van der Waals surface area contributed by atoms with E-state index < -0.39 is 0 Å². The first kappa shape index (κ1) is 20.8. The van der Waals surface area contributed by atoms with Crippen LogP contribution in [-0.2, 0) is 19.5 Å². The predicted molar refractivity (Wildman–Crippen MR) is 125 cm³/mol. The van der Waals surface area contributed by atoms with Crippen molar-refractivity contribution in [1.29, 1.82) is 0 Å². The molecule has 1 N–H and O–H groups in total. The second-order valence-electron chi connectivity index (χ2n) is 8.14. The van der Waals surface area contributed by atoms with Crippen LogP contribution < -0.4 is 10.9 Å². The van der Waals surface area contributed by atoms with Crippen molar-refractivity contribution >= 4 is 11.6 Å². The molecule has 0 atom stereocenters. The van der Waals surface area contributed by atoms with Gasteiger partial charge in [0.05, 0.1) is 6.54 Å². The molecule has 8 heteroatoms. The molecule has 0 unspecified atom stereocenters. The first-order chi connectivity index (χ1) is 16.2. The number of carbonyl (C=O) groups is 1. The van der Waals surface area contributed by atoms with Crippen LogP contribution in [0.4, 0.5) is 5.69 Å². The van der Waals surface area contributed by atoms with E-state index in [9.17, 15) is 9.59 Å². The van der Waals surface area contributed by atoms with Crippen LogP contribution in [0.5, 0.6) is 0 Å². The Kier molecular flexibility index (Phi) is 5.80. The fourth-order valence-corrected chi connectivity index (χ4v) is 4.07. The van der Waals surface area contributed by atoms with Gasteiger partial charge >= 0.3 is 0 Å². The molecule has 1 aliphatic rings. The highest BCUT2D eigenvalue weighted by Crippen LogP contribution is 2.25. The van der Waals surface area contributed by atoms with Crippen molar-refractivity contribution in [1.82, 2.24) is 24.5 Å². The number of nitrogens with one attached hydrogen (secondary N) is 1. The predicted octanol–water partition coefficient (Wildman–Crippen LogP) is 3.53. The van der Waals surface area contributed by atoms with Gasteiger partial charge in [0.1, 0.15) is 11.5 Å². The van der Waals surface area contributed by atoms with Crippen molar-refractivity contribution in [3.8, 4) is 11.4 Å². The maximum absolute atomic E-state index is 12.9. The van der Waals surface area contributed by atoms with Crippen LogP contribution in [-0.4, -0.2) is 30.5 Å². The molecule has 1 aliphatic heterocycles. The third-order valence-corrected chi connectivity index (χ3v) is 5.76. The minimum absolute atomic E-state index is 0.173. The molecule has 0 bridgehead atoms. The summed E-state index contributed by atoms with van der Waals surface area (Å²) < 4.78 is 3.47. The number of anilines is 1. The van der Waals surface area contributed by atoms with E-state index in [0.29, 0.717) is 12.2 Å². The van der Waals surface area contributed by atoms with Gasteiger partial charge < -0.3 is 9.88 Å². The highest BCUT2D eigenvalue weighted by molar-refractivity contribution is 6.02. The van der Waals surface area contributed by atoms with E-state index in [1.165, 1.54) is 23.2 Å². The molecule has 8 nitrogen and oxygen atoms in total. The molecule has 2 aromatic carbocycles. The van der Waals surface area contributed by atoms with E-state index in [1.807, 2.05) is 54.6 Å². The van der Waals surface area contributed by atoms with E-state index in [1.54, 1.807) is 0 Å². The molecule has 33 heavy (non-hydrogen) atoms. The van der Waals surface area contributed by atoms with Gasteiger partial charge in [0, 0.05) is 30.3 Å². The van der Waals surface area contributed by atoms with E-state index in [2.05, 4.69) is 25.2 Å². The minimum Gasteiger partial charge on any atom is -0.321 e. The quantitative estimate of drug-likeness (QED) is 0.512. The van der Waals surface area contributed by atoms with Gasteiger partial charge in [-0.2, -0.15) is 5.10 Å². The Bertz CT molecular complexity index is 1340. The highest BCUT2D eigenvalue weighted by Gasteiger charge is 2.17. The average Bonchev–Trinajstić information content (AvgIpc) is 3.09. The van der Waals surface area contributed by atoms with E-state index in [4.69, 9.17) is 0 Å². The number of nitrogens with zero attached hydrogens (tertiary/aromatic N) is 5. The number of rotatable bonds is 5. The average molecular weight is 441 g/mol. The summed E-state index contributed by atoms with van der Waals surface area (Å²) in [5.41, 5.74) is 2.38. The van der Waals surface area contributed by atoms with Crippen molar-refractivity contribution in [2.24, 2.45) is 0 Å². The number of hydrogen-bond acceptors (Lipinski definition) is 5. The van der Waals surface area contributed by atoms with Crippen molar-refractivity contribution in [2.45, 2.75) is 38.8 Å². The standard InChI is InChI=1S/C25H24N6O2/c32-23-14-13-21(29-31(23)17-18-8-3-1-4-9-18)25(33)26-20-11-7-10-19(16-20)24-28-27-22-12-5-2-6-15-30(22)24/h1,3-4,7-11,13-14,16H,2,5-6,12,15,17H2,(H,26,33). The minimum atomic E-state index is -0.381. The topological polar surface area (TPSA) is 94.7 Å². The van der Waals surface area contributed by atoms with Gasteiger partial charge in [-0.3, -0.25) is 9.59 Å². The lowest BCUT2D eigenvalue weighted by Gasteiger charge is -2.10. The third-order valence-electron chi connectivity index (χ3n) is 5.76. The lowest BCUT2D eigenvalue weighted by Crippen LogP contribution is -2.26. The molecule has 166 valence electrons. The fourth-order valence-electron chi connectivity index (χ4n) is 4.07. The van der Waals surface area contributed by atoms with Crippen LogP contribution in [0.2, 0.25) is 0 Å². The van der Waals surface area contributed by atoms with Crippen molar-refractivity contribution in [3.05, 3.63) is 94.2 Å². The second-order valence-corrected chi connectivity index (χ2v) is 8.14. The molecule has 4 aromatic rings. The Morgan fingerprint density at radius 2 is 1.82 bits per heavy atom. The zero-order chi connectivity index (χ0) is 22.6. The second kappa shape index (κ2) is 9.20. The lowest BCUT2D eigenvalue weighted by atomic mass is 10.2. The van der Waals surface area contributed by atoms with Gasteiger partial charge in [0.25, 0.3) is 11.5 Å². The van der Waals surface area contributed by atoms with Gasteiger partial charge in [0.2, 0.25) is 0 Å². The molecule has 0 fully saturated rings. The Labute approximate surface area is 190 Å². The molecule has 5 rings (SSSR count). The van der Waals surface area contributed by atoms with Crippen LogP contribution in [0.25, 0.3) is 11.4 Å². The van der Waals surface area contributed by atoms with Crippen molar-refractivity contribution in [2.75, 3.05) is 5.32 Å². The van der Waals surface area contributed by atoms with Gasteiger partial charge in [0.15, 0.2) is 5.82 Å². The molecule has 0 aliphatic carbocycles. The van der Waals surface area contributed by atoms with Gasteiger partial charge in [-0.1, -0.05) is 48.9 Å². The molecule has 3 heterocycles. The summed E-state index contributed by atoms with van der Waals surface area (Å²) in [6.45, 7) is 1.20. The number of aryl methyl sites for hydroxylation is 1. The zero-order valence-corrected chi connectivity index (χ0v) is 18.1. The number of benzene rings is 2. The Morgan fingerprint density at radius 1 is 0.939 bits per heavy atom. The number of hydrogen-bond donors (Lipinski definition) is 1. The van der Waals surface area contributed by atoms with E-state index in [-0.39, 0.29) is 17.2 Å². The highest BCUT2D eigenvalue weighted by atomic mass is 16.2. The van der Waals surface area contributed by atoms with Gasteiger partial charge in [-0.25, -0.2) is 4.68 Å². The Morgan fingerprint density at radius 3 is 2.70 bits per heavy atom. The van der Waals surface area contributed by atoms with Crippen LogP contribution in [0.1, 0.15) is 41.1 Å². The number of aromatic nitrogens is 5. The summed E-state index contributed by atoms with van der Waals surface area (Å²) in [7, 11) is 0. The monoisotopic (exact) mass is 440 g/mol. The third kappa shape index (κ3) is 4.59. The molecular weight excluding hydrogens is 416 g/mol. The first-order valence-corrected chi connectivity index (χ1v) is 11.1. The maximum Gasteiger partial charge on any atom is 0.276 e.